The molecule has 0 saturated heterocycles. The SMILES string of the molecule is C=C/C=C(\C(=C/N(C)C)c1sc(C)c(C)c1Cc1ccc(Cl)cc1)[C@H](CC(=C)N)N=C. The van der Waals surface area contributed by atoms with Crippen molar-refractivity contribution in [1.29, 1.82) is 0 Å². The monoisotopic (exact) mass is 453 g/mol. The zero-order valence-corrected chi connectivity index (χ0v) is 20.5. The molecule has 0 fully saturated rings. The first-order valence-electron chi connectivity index (χ1n) is 10.1. The standard InChI is InChI=1S/C26H32ClN3S/c1-8-9-22(25(29-5)14-17(2)28)24(16-30(6)7)26-23(18(3)19(4)31-26)15-20-10-12-21(27)13-11-20/h8-13,16,25H,1-2,5,14-15,28H2,3-4,6-7H3/b22-9+,24-16+/t25-/m0/s1. The largest absolute Gasteiger partial charge is 0.402 e. The summed E-state index contributed by atoms with van der Waals surface area (Å²) in [6.45, 7) is 16.0. The number of aryl methyl sites for hydroxylation is 1. The van der Waals surface area contributed by atoms with Gasteiger partial charge < -0.3 is 10.6 Å². The second kappa shape index (κ2) is 11.2. The zero-order valence-electron chi connectivity index (χ0n) is 18.9. The van der Waals surface area contributed by atoms with Crippen LogP contribution in [0.1, 0.15) is 32.9 Å². The average Bonchev–Trinajstić information content (AvgIpc) is 2.98. The van der Waals surface area contributed by atoms with Gasteiger partial charge >= 0.3 is 0 Å². The van der Waals surface area contributed by atoms with E-state index < -0.39 is 0 Å². The number of nitrogens with zero attached hydrogens (tertiary/aromatic N) is 2. The van der Waals surface area contributed by atoms with Crippen LogP contribution in [0.4, 0.5) is 0 Å². The molecule has 1 atom stereocenters. The summed E-state index contributed by atoms with van der Waals surface area (Å²) >= 11 is 7.90. The Morgan fingerprint density at radius 2 is 1.90 bits per heavy atom. The number of benzene rings is 1. The Morgan fingerprint density at radius 1 is 1.26 bits per heavy atom. The maximum absolute atomic E-state index is 6.09. The van der Waals surface area contributed by atoms with Gasteiger partial charge in [-0.05, 0) is 61.4 Å². The van der Waals surface area contributed by atoms with Gasteiger partial charge in [-0.25, -0.2) is 0 Å². The summed E-state index contributed by atoms with van der Waals surface area (Å²) in [5, 5.41) is 0.744. The van der Waals surface area contributed by atoms with Gasteiger partial charge in [-0.1, -0.05) is 49.0 Å². The molecular formula is C26H32ClN3S. The van der Waals surface area contributed by atoms with Crippen LogP contribution in [0, 0.1) is 13.8 Å². The van der Waals surface area contributed by atoms with Gasteiger partial charge in [0, 0.05) is 52.8 Å². The van der Waals surface area contributed by atoms with Crippen molar-refractivity contribution in [1.82, 2.24) is 4.90 Å². The van der Waals surface area contributed by atoms with Crippen molar-refractivity contribution in [2.75, 3.05) is 14.1 Å². The Bertz CT molecular complexity index is 1010. The molecule has 1 aromatic carbocycles. The predicted octanol–water partition coefficient (Wildman–Crippen LogP) is 6.56. The summed E-state index contributed by atoms with van der Waals surface area (Å²) in [6.07, 6.45) is 7.30. The molecule has 0 unspecified atom stereocenters. The maximum Gasteiger partial charge on any atom is 0.0802 e. The molecule has 1 aromatic heterocycles. The quantitative estimate of drug-likeness (QED) is 0.327. The maximum atomic E-state index is 6.09. The molecule has 164 valence electrons. The van der Waals surface area contributed by atoms with E-state index in [9.17, 15) is 0 Å². The Balaban J connectivity index is 2.68. The fraction of sp³-hybridized carbons (Fsp3) is 0.269. The Labute approximate surface area is 196 Å². The summed E-state index contributed by atoms with van der Waals surface area (Å²) in [6, 6.07) is 7.85. The van der Waals surface area contributed by atoms with Crippen molar-refractivity contribution in [3.05, 3.63) is 98.5 Å². The first-order valence-corrected chi connectivity index (χ1v) is 11.3. The normalized spacial score (nSPS) is 13.1. The Morgan fingerprint density at radius 3 is 2.42 bits per heavy atom. The van der Waals surface area contributed by atoms with Crippen LogP contribution in [-0.2, 0) is 6.42 Å². The highest BCUT2D eigenvalue weighted by atomic mass is 35.5. The number of aliphatic imine (C=N–C) groups is 1. The highest BCUT2D eigenvalue weighted by Gasteiger charge is 2.24. The molecular weight excluding hydrogens is 422 g/mol. The van der Waals surface area contributed by atoms with E-state index in [1.807, 2.05) is 32.3 Å². The minimum absolute atomic E-state index is 0.201. The second-order valence-electron chi connectivity index (χ2n) is 7.82. The molecule has 2 rings (SSSR count). The predicted molar refractivity (Wildman–Crippen MR) is 139 cm³/mol. The van der Waals surface area contributed by atoms with Crippen molar-refractivity contribution >= 4 is 35.2 Å². The van der Waals surface area contributed by atoms with E-state index in [1.54, 1.807) is 17.4 Å². The van der Waals surface area contributed by atoms with Crippen molar-refractivity contribution in [3.8, 4) is 0 Å². The molecule has 5 heteroatoms. The number of nitrogens with two attached hydrogens (primary N) is 1. The van der Waals surface area contributed by atoms with Crippen molar-refractivity contribution in [2.24, 2.45) is 10.7 Å². The van der Waals surface area contributed by atoms with Crippen molar-refractivity contribution in [3.63, 3.8) is 0 Å². The van der Waals surface area contributed by atoms with Crippen molar-refractivity contribution in [2.45, 2.75) is 32.7 Å². The van der Waals surface area contributed by atoms with Crippen LogP contribution in [0.2, 0.25) is 5.02 Å². The lowest BCUT2D eigenvalue weighted by molar-refractivity contribution is 0.565. The summed E-state index contributed by atoms with van der Waals surface area (Å²) in [7, 11) is 4.05. The van der Waals surface area contributed by atoms with Crippen LogP contribution >= 0.6 is 22.9 Å². The zero-order chi connectivity index (χ0) is 23.1. The lowest BCUT2D eigenvalue weighted by Gasteiger charge is -2.21. The van der Waals surface area contributed by atoms with E-state index in [4.69, 9.17) is 17.3 Å². The molecule has 0 aliphatic rings. The van der Waals surface area contributed by atoms with E-state index in [0.29, 0.717) is 12.1 Å². The van der Waals surface area contributed by atoms with Crippen LogP contribution in [0.25, 0.3) is 5.57 Å². The minimum atomic E-state index is -0.201. The van der Waals surface area contributed by atoms with Gasteiger partial charge in [-0.15, -0.1) is 11.3 Å². The van der Waals surface area contributed by atoms with Crippen LogP contribution in [0.5, 0.6) is 0 Å². The number of halogens is 1. The molecule has 0 saturated carbocycles. The van der Waals surface area contributed by atoms with Crippen LogP contribution in [-0.4, -0.2) is 31.8 Å². The highest BCUT2D eigenvalue weighted by Crippen LogP contribution is 2.40. The molecule has 2 N–H and O–H groups in total. The molecule has 0 aliphatic carbocycles. The number of allylic oxidation sites excluding steroid dienone is 2. The summed E-state index contributed by atoms with van der Waals surface area (Å²) < 4.78 is 0. The summed E-state index contributed by atoms with van der Waals surface area (Å²) in [4.78, 5) is 8.96. The average molecular weight is 454 g/mol. The lowest BCUT2D eigenvalue weighted by atomic mass is 9.90. The van der Waals surface area contributed by atoms with E-state index in [2.05, 4.69) is 61.9 Å². The summed E-state index contributed by atoms with van der Waals surface area (Å²) in [5.41, 5.74) is 12.5. The minimum Gasteiger partial charge on any atom is -0.402 e. The Hall–Kier alpha value is -2.56. The summed E-state index contributed by atoms with van der Waals surface area (Å²) in [5.74, 6) is 0. The van der Waals surface area contributed by atoms with Gasteiger partial charge in [-0.2, -0.15) is 0 Å². The van der Waals surface area contributed by atoms with Crippen LogP contribution in [0.3, 0.4) is 0 Å². The fourth-order valence-electron chi connectivity index (χ4n) is 3.46. The first kappa shape index (κ1) is 24.7. The van der Waals surface area contributed by atoms with Gasteiger partial charge in [0.1, 0.15) is 0 Å². The molecule has 2 aromatic rings. The number of rotatable bonds is 10. The van der Waals surface area contributed by atoms with Gasteiger partial charge in [0.05, 0.1) is 6.04 Å². The molecule has 0 bridgehead atoms. The highest BCUT2D eigenvalue weighted by molar-refractivity contribution is 7.13. The third kappa shape index (κ3) is 6.46. The molecule has 3 nitrogen and oxygen atoms in total. The molecule has 1 heterocycles. The second-order valence-corrected chi connectivity index (χ2v) is 9.48. The van der Waals surface area contributed by atoms with Gasteiger partial charge in [-0.3, -0.25) is 4.99 Å². The Kier molecular flexibility index (Phi) is 8.90. The van der Waals surface area contributed by atoms with Crippen molar-refractivity contribution < 1.29 is 0 Å². The number of thiophene rings is 1. The van der Waals surface area contributed by atoms with Gasteiger partial charge in [0.2, 0.25) is 0 Å². The van der Waals surface area contributed by atoms with Gasteiger partial charge in [0.15, 0.2) is 0 Å². The molecule has 31 heavy (non-hydrogen) atoms. The third-order valence-corrected chi connectivity index (χ3v) is 6.61. The lowest BCUT2D eigenvalue weighted by Crippen LogP contribution is -2.15. The fourth-order valence-corrected chi connectivity index (χ4v) is 4.80. The van der Waals surface area contributed by atoms with E-state index >= 15 is 0 Å². The smallest absolute Gasteiger partial charge is 0.0802 e. The number of hydrogen-bond donors (Lipinski definition) is 1. The van der Waals surface area contributed by atoms with E-state index in [0.717, 1.165) is 22.6 Å². The van der Waals surface area contributed by atoms with E-state index in [1.165, 1.54) is 26.4 Å². The molecule has 0 amide bonds. The molecule has 0 radical (unpaired) electrons. The van der Waals surface area contributed by atoms with Gasteiger partial charge in [0.25, 0.3) is 0 Å². The third-order valence-electron chi connectivity index (χ3n) is 5.08. The van der Waals surface area contributed by atoms with Crippen LogP contribution in [0.15, 0.2) is 72.0 Å². The van der Waals surface area contributed by atoms with E-state index in [-0.39, 0.29) is 6.04 Å². The molecule has 0 spiro atoms. The van der Waals surface area contributed by atoms with Crippen LogP contribution < -0.4 is 5.73 Å². The first-order chi connectivity index (χ1) is 14.7. The number of hydrogen-bond acceptors (Lipinski definition) is 4. The topological polar surface area (TPSA) is 41.6 Å². The molecule has 0 aliphatic heterocycles.